The summed E-state index contributed by atoms with van der Waals surface area (Å²) in [5, 5.41) is 13.2. The number of aliphatic hydroxyl groups excluding tert-OH is 1. The molecule has 2 N–H and O–H groups in total. The molecule has 1 aliphatic rings. The minimum absolute atomic E-state index is 0.150. The van der Waals surface area contributed by atoms with Crippen molar-refractivity contribution in [3.05, 3.63) is 0 Å². The van der Waals surface area contributed by atoms with Crippen LogP contribution in [0.2, 0.25) is 0 Å². The van der Waals surface area contributed by atoms with E-state index in [9.17, 15) is 5.11 Å². The van der Waals surface area contributed by atoms with Gasteiger partial charge in [-0.1, -0.05) is 19.3 Å². The van der Waals surface area contributed by atoms with E-state index in [1.165, 1.54) is 19.3 Å². The Bertz CT molecular complexity index is 185. The van der Waals surface area contributed by atoms with Crippen LogP contribution in [-0.4, -0.2) is 23.8 Å². The topological polar surface area (TPSA) is 32.3 Å². The van der Waals surface area contributed by atoms with Crippen LogP contribution >= 0.6 is 0 Å². The maximum atomic E-state index is 9.80. The molecule has 0 heterocycles. The van der Waals surface area contributed by atoms with Crippen LogP contribution in [0.15, 0.2) is 0 Å². The Morgan fingerprint density at radius 3 is 2.86 bits per heavy atom. The first-order chi connectivity index (χ1) is 6.84. The van der Waals surface area contributed by atoms with E-state index in [-0.39, 0.29) is 6.10 Å². The second kappa shape index (κ2) is 6.86. The third-order valence-electron chi connectivity index (χ3n) is 2.88. The molecule has 0 radical (unpaired) electrons. The summed E-state index contributed by atoms with van der Waals surface area (Å²) in [4.78, 5) is 0. The summed E-state index contributed by atoms with van der Waals surface area (Å²) in [6.45, 7) is 0.936. The van der Waals surface area contributed by atoms with Gasteiger partial charge in [-0.15, -0.1) is 12.3 Å². The Morgan fingerprint density at radius 2 is 2.07 bits per heavy atom. The summed E-state index contributed by atoms with van der Waals surface area (Å²) in [5.41, 5.74) is 0. The van der Waals surface area contributed by atoms with Crippen LogP contribution < -0.4 is 5.32 Å². The average molecular weight is 195 g/mol. The number of unbranched alkanes of at least 4 members (excludes halogenated alkanes) is 1. The fourth-order valence-corrected chi connectivity index (χ4v) is 2.00. The Labute approximate surface area is 87.1 Å². The van der Waals surface area contributed by atoms with Crippen molar-refractivity contribution < 1.29 is 5.11 Å². The minimum Gasteiger partial charge on any atom is -0.392 e. The summed E-state index contributed by atoms with van der Waals surface area (Å²) in [5.74, 6) is 2.63. The highest BCUT2D eigenvalue weighted by atomic mass is 16.3. The Balaban J connectivity index is 2.17. The number of aliphatic hydroxyl groups is 1. The van der Waals surface area contributed by atoms with Crippen molar-refractivity contribution in [2.45, 2.75) is 57.1 Å². The molecule has 1 aliphatic carbocycles. The molecule has 2 nitrogen and oxygen atoms in total. The predicted molar refractivity (Wildman–Crippen MR) is 58.9 cm³/mol. The molecule has 2 atom stereocenters. The van der Waals surface area contributed by atoms with Gasteiger partial charge in [0, 0.05) is 12.5 Å². The first-order valence-corrected chi connectivity index (χ1v) is 5.69. The Morgan fingerprint density at radius 1 is 1.29 bits per heavy atom. The second-order valence-electron chi connectivity index (χ2n) is 4.07. The van der Waals surface area contributed by atoms with Crippen LogP contribution in [0.25, 0.3) is 0 Å². The van der Waals surface area contributed by atoms with E-state index in [1.807, 2.05) is 0 Å². The highest BCUT2D eigenvalue weighted by Gasteiger charge is 2.20. The van der Waals surface area contributed by atoms with Gasteiger partial charge in [-0.05, 0) is 25.8 Å². The van der Waals surface area contributed by atoms with Crippen LogP contribution in [0.3, 0.4) is 0 Å². The van der Waals surface area contributed by atoms with E-state index in [1.54, 1.807) is 0 Å². The van der Waals surface area contributed by atoms with E-state index in [2.05, 4.69) is 11.2 Å². The molecule has 14 heavy (non-hydrogen) atoms. The Kier molecular flexibility index (Phi) is 5.66. The van der Waals surface area contributed by atoms with E-state index in [4.69, 9.17) is 6.42 Å². The first-order valence-electron chi connectivity index (χ1n) is 5.69. The molecule has 0 amide bonds. The van der Waals surface area contributed by atoms with Gasteiger partial charge in [-0.25, -0.2) is 0 Å². The third-order valence-corrected chi connectivity index (χ3v) is 2.88. The number of rotatable bonds is 4. The summed E-state index contributed by atoms with van der Waals surface area (Å²) >= 11 is 0. The van der Waals surface area contributed by atoms with Gasteiger partial charge in [-0.2, -0.15) is 0 Å². The number of hydrogen-bond acceptors (Lipinski definition) is 2. The lowest BCUT2D eigenvalue weighted by molar-refractivity contribution is 0.120. The van der Waals surface area contributed by atoms with E-state index < -0.39 is 0 Å². The van der Waals surface area contributed by atoms with Crippen LogP contribution in [0, 0.1) is 12.3 Å². The van der Waals surface area contributed by atoms with Gasteiger partial charge >= 0.3 is 0 Å². The molecule has 0 bridgehead atoms. The lowest BCUT2D eigenvalue weighted by atomic mass is 10.1. The standard InChI is InChI=1S/C12H21NO/c1-2-3-7-10-13-11-8-5-4-6-9-12(11)14/h1,11-14H,3-10H2. The van der Waals surface area contributed by atoms with Gasteiger partial charge in [0.15, 0.2) is 0 Å². The van der Waals surface area contributed by atoms with Gasteiger partial charge in [0.25, 0.3) is 0 Å². The summed E-state index contributed by atoms with van der Waals surface area (Å²) in [6, 6.07) is 0.301. The summed E-state index contributed by atoms with van der Waals surface area (Å²) in [7, 11) is 0. The minimum atomic E-state index is -0.150. The molecule has 0 spiro atoms. The van der Waals surface area contributed by atoms with E-state index in [0.717, 1.165) is 32.2 Å². The molecule has 0 aliphatic heterocycles. The lowest BCUT2D eigenvalue weighted by Crippen LogP contribution is -2.39. The molecule has 2 heteroatoms. The first kappa shape index (κ1) is 11.6. The van der Waals surface area contributed by atoms with Crippen LogP contribution in [0.4, 0.5) is 0 Å². The van der Waals surface area contributed by atoms with Crippen LogP contribution in [-0.2, 0) is 0 Å². The average Bonchev–Trinajstić information content (AvgIpc) is 2.39. The molecule has 0 saturated heterocycles. The highest BCUT2D eigenvalue weighted by molar-refractivity contribution is 4.84. The maximum absolute atomic E-state index is 9.80. The fourth-order valence-electron chi connectivity index (χ4n) is 2.00. The Hall–Kier alpha value is -0.520. The molecule has 2 unspecified atom stereocenters. The van der Waals surface area contributed by atoms with Crippen molar-refractivity contribution in [1.29, 1.82) is 0 Å². The predicted octanol–water partition coefficient (Wildman–Crippen LogP) is 1.68. The second-order valence-corrected chi connectivity index (χ2v) is 4.07. The monoisotopic (exact) mass is 195 g/mol. The third kappa shape index (κ3) is 4.13. The molecule has 0 aromatic carbocycles. The van der Waals surface area contributed by atoms with E-state index in [0.29, 0.717) is 6.04 Å². The molecular formula is C12H21NO. The number of hydrogen-bond donors (Lipinski definition) is 2. The summed E-state index contributed by atoms with van der Waals surface area (Å²) < 4.78 is 0. The molecule has 0 aromatic heterocycles. The van der Waals surface area contributed by atoms with Crippen molar-refractivity contribution in [2.75, 3.05) is 6.54 Å². The van der Waals surface area contributed by atoms with Crippen LogP contribution in [0.5, 0.6) is 0 Å². The van der Waals surface area contributed by atoms with Gasteiger partial charge in [0.2, 0.25) is 0 Å². The zero-order valence-electron chi connectivity index (χ0n) is 8.84. The molecule has 1 rings (SSSR count). The van der Waals surface area contributed by atoms with Crippen molar-refractivity contribution in [3.8, 4) is 12.3 Å². The lowest BCUT2D eigenvalue weighted by Gasteiger charge is -2.21. The smallest absolute Gasteiger partial charge is 0.0693 e. The molecule has 80 valence electrons. The molecule has 0 aromatic rings. The quantitative estimate of drug-likeness (QED) is 0.406. The number of terminal acetylenes is 1. The van der Waals surface area contributed by atoms with Crippen molar-refractivity contribution in [1.82, 2.24) is 5.32 Å². The van der Waals surface area contributed by atoms with Gasteiger partial charge in [0.05, 0.1) is 6.10 Å². The highest BCUT2D eigenvalue weighted by Crippen LogP contribution is 2.17. The fraction of sp³-hybridized carbons (Fsp3) is 0.833. The normalized spacial score (nSPS) is 28.0. The van der Waals surface area contributed by atoms with E-state index >= 15 is 0 Å². The molecule has 1 saturated carbocycles. The van der Waals surface area contributed by atoms with Gasteiger partial charge in [0.1, 0.15) is 0 Å². The van der Waals surface area contributed by atoms with Gasteiger partial charge in [-0.3, -0.25) is 0 Å². The summed E-state index contributed by atoms with van der Waals surface area (Å²) in [6.07, 6.45) is 12.6. The van der Waals surface area contributed by atoms with Crippen molar-refractivity contribution in [2.24, 2.45) is 0 Å². The number of nitrogens with one attached hydrogen (secondary N) is 1. The SMILES string of the molecule is C#CCCCNC1CCCCCC1O. The van der Waals surface area contributed by atoms with Crippen LogP contribution in [0.1, 0.15) is 44.9 Å². The molecule has 1 fully saturated rings. The zero-order valence-corrected chi connectivity index (χ0v) is 8.84. The van der Waals surface area contributed by atoms with Crippen molar-refractivity contribution >= 4 is 0 Å². The zero-order chi connectivity index (χ0) is 10.2. The largest absolute Gasteiger partial charge is 0.392 e. The molecular weight excluding hydrogens is 174 g/mol. The van der Waals surface area contributed by atoms with Crippen molar-refractivity contribution in [3.63, 3.8) is 0 Å². The maximum Gasteiger partial charge on any atom is 0.0693 e. The van der Waals surface area contributed by atoms with Gasteiger partial charge < -0.3 is 10.4 Å².